The van der Waals surface area contributed by atoms with Crippen LogP contribution in [0.5, 0.6) is 0 Å². The Balaban J connectivity index is 2.87. The molecule has 3 heteroatoms. The summed E-state index contributed by atoms with van der Waals surface area (Å²) in [6.07, 6.45) is 0. The summed E-state index contributed by atoms with van der Waals surface area (Å²) in [5.41, 5.74) is 0.335. The maximum Gasteiger partial charge on any atom is 0.255 e. The topological polar surface area (TPSA) is 17.1 Å². The van der Waals surface area contributed by atoms with Crippen LogP contribution in [0.3, 0.4) is 0 Å². The number of ketones is 1. The van der Waals surface area contributed by atoms with Crippen molar-refractivity contribution in [2.45, 2.75) is 19.8 Å². The molecule has 0 radical (unpaired) electrons. The molecule has 1 nitrogen and oxygen atoms in total. The number of hydrogen-bond acceptors (Lipinski definition) is 1. The van der Waals surface area contributed by atoms with E-state index in [0.29, 0.717) is 5.56 Å². The van der Waals surface area contributed by atoms with Crippen molar-refractivity contribution < 1.29 is 13.6 Å². The van der Waals surface area contributed by atoms with Gasteiger partial charge in [-0.25, -0.2) is 8.78 Å². The Morgan fingerprint density at radius 3 is 2.21 bits per heavy atom. The van der Waals surface area contributed by atoms with Crippen molar-refractivity contribution in [2.24, 2.45) is 5.92 Å². The molecule has 0 spiro atoms. The van der Waals surface area contributed by atoms with Gasteiger partial charge >= 0.3 is 0 Å². The Labute approximate surface area is 81.7 Å². The van der Waals surface area contributed by atoms with Crippen LogP contribution in [-0.4, -0.2) is 11.7 Å². The Morgan fingerprint density at radius 2 is 1.79 bits per heavy atom. The quantitative estimate of drug-likeness (QED) is 0.682. The standard InChI is InChI=1S/C11H12F2O/c1-8(11(2,12)13)10(14)9-6-4-3-5-7-9/h3-8H,1-2H3. The van der Waals surface area contributed by atoms with E-state index >= 15 is 0 Å². The minimum Gasteiger partial charge on any atom is -0.294 e. The van der Waals surface area contributed by atoms with E-state index in [9.17, 15) is 13.6 Å². The predicted octanol–water partition coefficient (Wildman–Crippen LogP) is 3.16. The van der Waals surface area contributed by atoms with E-state index in [1.807, 2.05) is 0 Å². The first-order valence-electron chi connectivity index (χ1n) is 4.40. The molecule has 0 bridgehead atoms. The van der Waals surface area contributed by atoms with Gasteiger partial charge in [-0.3, -0.25) is 4.79 Å². The first-order valence-corrected chi connectivity index (χ1v) is 4.40. The molecule has 0 N–H and O–H groups in total. The third kappa shape index (κ3) is 2.37. The second-order valence-corrected chi connectivity index (χ2v) is 3.41. The van der Waals surface area contributed by atoms with Crippen molar-refractivity contribution in [1.29, 1.82) is 0 Å². The van der Waals surface area contributed by atoms with Crippen molar-refractivity contribution in [3.8, 4) is 0 Å². The number of carbonyl (C=O) groups is 1. The summed E-state index contributed by atoms with van der Waals surface area (Å²) in [6.45, 7) is 2.01. The molecule has 0 aromatic heterocycles. The van der Waals surface area contributed by atoms with Gasteiger partial charge in [0.15, 0.2) is 5.78 Å². The van der Waals surface area contributed by atoms with E-state index < -0.39 is 17.6 Å². The van der Waals surface area contributed by atoms with Crippen LogP contribution in [0.25, 0.3) is 0 Å². The molecule has 1 aromatic carbocycles. The first kappa shape index (κ1) is 10.8. The SMILES string of the molecule is CC(C(=O)c1ccccc1)C(C)(F)F. The molecule has 1 aromatic rings. The van der Waals surface area contributed by atoms with Crippen molar-refractivity contribution in [3.63, 3.8) is 0 Å². The van der Waals surface area contributed by atoms with Gasteiger partial charge in [0.2, 0.25) is 0 Å². The van der Waals surface area contributed by atoms with Gasteiger partial charge in [0.25, 0.3) is 5.92 Å². The van der Waals surface area contributed by atoms with Gasteiger partial charge in [-0.15, -0.1) is 0 Å². The van der Waals surface area contributed by atoms with Gasteiger partial charge in [-0.1, -0.05) is 30.3 Å². The summed E-state index contributed by atoms with van der Waals surface area (Å²) in [5.74, 6) is -4.75. The van der Waals surface area contributed by atoms with E-state index in [1.54, 1.807) is 30.3 Å². The highest BCUT2D eigenvalue weighted by Crippen LogP contribution is 2.26. The number of alkyl halides is 2. The predicted molar refractivity (Wildman–Crippen MR) is 50.6 cm³/mol. The van der Waals surface area contributed by atoms with Gasteiger partial charge in [0.1, 0.15) is 0 Å². The maximum absolute atomic E-state index is 12.8. The molecule has 14 heavy (non-hydrogen) atoms. The molecular formula is C11H12F2O. The average molecular weight is 198 g/mol. The lowest BCUT2D eigenvalue weighted by molar-refractivity contribution is -0.0222. The number of hydrogen-bond donors (Lipinski definition) is 0. The van der Waals surface area contributed by atoms with Gasteiger partial charge in [0, 0.05) is 12.5 Å². The summed E-state index contributed by atoms with van der Waals surface area (Å²) in [5, 5.41) is 0. The smallest absolute Gasteiger partial charge is 0.255 e. The van der Waals surface area contributed by atoms with Gasteiger partial charge < -0.3 is 0 Å². The number of benzene rings is 1. The summed E-state index contributed by atoms with van der Waals surface area (Å²) in [6, 6.07) is 8.15. The van der Waals surface area contributed by atoms with E-state index in [2.05, 4.69) is 0 Å². The molecule has 1 unspecified atom stereocenters. The molecule has 0 aliphatic heterocycles. The average Bonchev–Trinajstić information content (AvgIpc) is 2.15. The number of Topliss-reactive ketones (excluding diaryl/α,β-unsaturated/α-hetero) is 1. The third-order valence-electron chi connectivity index (χ3n) is 2.21. The molecule has 0 heterocycles. The number of halogens is 2. The van der Waals surface area contributed by atoms with Crippen molar-refractivity contribution in [2.75, 3.05) is 0 Å². The highest BCUT2D eigenvalue weighted by molar-refractivity contribution is 5.98. The molecule has 0 saturated carbocycles. The second-order valence-electron chi connectivity index (χ2n) is 3.41. The fraction of sp³-hybridized carbons (Fsp3) is 0.364. The van der Waals surface area contributed by atoms with Crippen LogP contribution in [-0.2, 0) is 0 Å². The van der Waals surface area contributed by atoms with E-state index in [-0.39, 0.29) is 0 Å². The molecule has 0 saturated heterocycles. The Morgan fingerprint density at radius 1 is 1.29 bits per heavy atom. The van der Waals surface area contributed by atoms with Crippen LogP contribution in [0.1, 0.15) is 24.2 Å². The van der Waals surface area contributed by atoms with Crippen LogP contribution in [0.2, 0.25) is 0 Å². The second kappa shape index (κ2) is 3.86. The summed E-state index contributed by atoms with van der Waals surface area (Å²) >= 11 is 0. The molecule has 1 atom stereocenters. The monoisotopic (exact) mass is 198 g/mol. The summed E-state index contributed by atoms with van der Waals surface area (Å²) in [4.78, 5) is 11.5. The van der Waals surface area contributed by atoms with Gasteiger partial charge in [-0.2, -0.15) is 0 Å². The molecule has 0 aliphatic carbocycles. The molecule has 0 amide bonds. The van der Waals surface area contributed by atoms with Crippen LogP contribution < -0.4 is 0 Å². The maximum atomic E-state index is 12.8. The Hall–Kier alpha value is -1.25. The van der Waals surface area contributed by atoms with E-state index in [4.69, 9.17) is 0 Å². The minimum atomic E-state index is -2.97. The molecule has 0 fully saturated rings. The Bertz CT molecular complexity index is 314. The molecule has 76 valence electrons. The normalized spacial score (nSPS) is 13.7. The lowest BCUT2D eigenvalue weighted by Crippen LogP contribution is -2.29. The fourth-order valence-electron chi connectivity index (χ4n) is 1.08. The summed E-state index contributed by atoms with van der Waals surface area (Å²) < 4.78 is 25.7. The highest BCUT2D eigenvalue weighted by atomic mass is 19.3. The lowest BCUT2D eigenvalue weighted by atomic mass is 9.94. The van der Waals surface area contributed by atoms with Crippen LogP contribution >= 0.6 is 0 Å². The minimum absolute atomic E-state index is 0.335. The van der Waals surface area contributed by atoms with Crippen molar-refractivity contribution in [1.82, 2.24) is 0 Å². The van der Waals surface area contributed by atoms with Crippen LogP contribution in [0, 0.1) is 5.92 Å². The molecular weight excluding hydrogens is 186 g/mol. The molecule has 0 aliphatic rings. The zero-order valence-corrected chi connectivity index (χ0v) is 8.13. The zero-order valence-electron chi connectivity index (χ0n) is 8.13. The van der Waals surface area contributed by atoms with Gasteiger partial charge in [-0.05, 0) is 6.92 Å². The fourth-order valence-corrected chi connectivity index (χ4v) is 1.08. The third-order valence-corrected chi connectivity index (χ3v) is 2.21. The van der Waals surface area contributed by atoms with Crippen molar-refractivity contribution >= 4 is 5.78 Å². The van der Waals surface area contributed by atoms with Gasteiger partial charge in [0.05, 0.1) is 5.92 Å². The first-order chi connectivity index (χ1) is 6.43. The van der Waals surface area contributed by atoms with Crippen LogP contribution in [0.15, 0.2) is 30.3 Å². The van der Waals surface area contributed by atoms with Crippen molar-refractivity contribution in [3.05, 3.63) is 35.9 Å². The number of rotatable bonds is 3. The Kier molecular flexibility index (Phi) is 2.99. The summed E-state index contributed by atoms with van der Waals surface area (Å²) in [7, 11) is 0. The van der Waals surface area contributed by atoms with E-state index in [0.717, 1.165) is 6.92 Å². The highest BCUT2D eigenvalue weighted by Gasteiger charge is 2.35. The van der Waals surface area contributed by atoms with E-state index in [1.165, 1.54) is 6.92 Å². The largest absolute Gasteiger partial charge is 0.294 e. The number of carbonyl (C=O) groups excluding carboxylic acids is 1. The molecule has 1 rings (SSSR count). The lowest BCUT2D eigenvalue weighted by Gasteiger charge is -2.17. The zero-order chi connectivity index (χ0) is 10.8. The van der Waals surface area contributed by atoms with Crippen LogP contribution in [0.4, 0.5) is 8.78 Å².